The van der Waals surface area contributed by atoms with Crippen molar-refractivity contribution in [3.8, 4) is 11.5 Å². The Labute approximate surface area is 152 Å². The van der Waals surface area contributed by atoms with Crippen molar-refractivity contribution in [2.75, 3.05) is 34.5 Å². The summed E-state index contributed by atoms with van der Waals surface area (Å²) < 4.78 is 10.7. The molecular weight excluding hydrogens is 338 g/mol. The summed E-state index contributed by atoms with van der Waals surface area (Å²) >= 11 is 1.70. The molecule has 2 heterocycles. The maximum absolute atomic E-state index is 12.4. The molecule has 7 heteroatoms. The Hall–Kier alpha value is -2.25. The standard InChI is InChI=1S/C18H23N3O3S/c1-20(2)14(17-5-4-8-25-17)10-19-18(22)21(3)11-13-6-7-15-16(9-13)24-12-23-15/h4-9,14H,10-12H2,1-3H3,(H,19,22). The van der Waals surface area contributed by atoms with Gasteiger partial charge in [0.1, 0.15) is 0 Å². The number of likely N-dealkylation sites (N-methyl/N-ethyl adjacent to an activating group) is 1. The lowest BCUT2D eigenvalue weighted by atomic mass is 10.2. The maximum atomic E-state index is 12.4. The van der Waals surface area contributed by atoms with E-state index in [1.807, 2.05) is 38.4 Å². The third-order valence-electron chi connectivity index (χ3n) is 4.15. The Morgan fingerprint density at radius 3 is 2.76 bits per heavy atom. The number of hydrogen-bond donors (Lipinski definition) is 1. The predicted octanol–water partition coefficient (Wildman–Crippen LogP) is 2.92. The average molecular weight is 361 g/mol. The van der Waals surface area contributed by atoms with Gasteiger partial charge in [-0.25, -0.2) is 4.79 Å². The number of nitrogens with one attached hydrogen (secondary N) is 1. The highest BCUT2D eigenvalue weighted by Crippen LogP contribution is 2.32. The molecule has 1 N–H and O–H groups in total. The first kappa shape index (κ1) is 17.6. The van der Waals surface area contributed by atoms with E-state index in [9.17, 15) is 4.79 Å². The van der Waals surface area contributed by atoms with Gasteiger partial charge in [0, 0.05) is 25.0 Å². The van der Waals surface area contributed by atoms with Crippen LogP contribution in [0.25, 0.3) is 0 Å². The molecule has 0 saturated carbocycles. The number of carbonyl (C=O) groups excluding carboxylic acids is 1. The quantitative estimate of drug-likeness (QED) is 0.860. The summed E-state index contributed by atoms with van der Waals surface area (Å²) in [4.78, 5) is 17.4. The topological polar surface area (TPSA) is 54.0 Å². The Kier molecular flexibility index (Phi) is 5.45. The van der Waals surface area contributed by atoms with E-state index in [2.05, 4.69) is 21.7 Å². The van der Waals surface area contributed by atoms with Crippen LogP contribution < -0.4 is 14.8 Å². The number of amides is 2. The van der Waals surface area contributed by atoms with Crippen LogP contribution in [0.5, 0.6) is 11.5 Å². The largest absolute Gasteiger partial charge is 0.454 e. The van der Waals surface area contributed by atoms with Crippen LogP contribution in [0.3, 0.4) is 0 Å². The lowest BCUT2D eigenvalue weighted by Gasteiger charge is -2.25. The van der Waals surface area contributed by atoms with Crippen molar-refractivity contribution < 1.29 is 14.3 Å². The summed E-state index contributed by atoms with van der Waals surface area (Å²) in [6.45, 7) is 1.33. The Balaban J connectivity index is 1.55. The van der Waals surface area contributed by atoms with Gasteiger partial charge in [-0.2, -0.15) is 0 Å². The number of thiophene rings is 1. The Morgan fingerprint density at radius 2 is 2.04 bits per heavy atom. The van der Waals surface area contributed by atoms with Crippen molar-refractivity contribution in [1.82, 2.24) is 15.1 Å². The second-order valence-electron chi connectivity index (χ2n) is 6.22. The molecule has 1 unspecified atom stereocenters. The summed E-state index contributed by atoms with van der Waals surface area (Å²) in [5.41, 5.74) is 1.00. The zero-order valence-corrected chi connectivity index (χ0v) is 15.5. The molecule has 134 valence electrons. The molecule has 0 bridgehead atoms. The van der Waals surface area contributed by atoms with E-state index < -0.39 is 0 Å². The molecule has 6 nitrogen and oxygen atoms in total. The summed E-state index contributed by atoms with van der Waals surface area (Å²) in [6, 6.07) is 9.94. The van der Waals surface area contributed by atoms with Gasteiger partial charge in [-0.05, 0) is 43.2 Å². The molecule has 1 aliphatic rings. The zero-order chi connectivity index (χ0) is 17.8. The third-order valence-corrected chi connectivity index (χ3v) is 5.12. The van der Waals surface area contributed by atoms with Gasteiger partial charge < -0.3 is 24.6 Å². The molecular formula is C18H23N3O3S. The molecule has 1 aliphatic heterocycles. The van der Waals surface area contributed by atoms with Gasteiger partial charge in [0.05, 0.1) is 6.04 Å². The van der Waals surface area contributed by atoms with Crippen LogP contribution in [0.4, 0.5) is 4.79 Å². The third kappa shape index (κ3) is 4.24. The molecule has 0 saturated heterocycles. The normalized spacial score (nSPS) is 13.8. The Morgan fingerprint density at radius 1 is 1.24 bits per heavy atom. The number of rotatable bonds is 6. The highest BCUT2D eigenvalue weighted by Gasteiger charge is 2.18. The van der Waals surface area contributed by atoms with E-state index in [-0.39, 0.29) is 18.9 Å². The van der Waals surface area contributed by atoms with Gasteiger partial charge in [-0.15, -0.1) is 11.3 Å². The van der Waals surface area contributed by atoms with Gasteiger partial charge >= 0.3 is 6.03 Å². The number of carbonyl (C=O) groups is 1. The van der Waals surface area contributed by atoms with Crippen LogP contribution in [-0.2, 0) is 6.54 Å². The molecule has 3 rings (SSSR count). The van der Waals surface area contributed by atoms with E-state index in [1.54, 1.807) is 23.3 Å². The minimum Gasteiger partial charge on any atom is -0.454 e. The molecule has 2 amide bonds. The van der Waals surface area contributed by atoms with Crippen molar-refractivity contribution in [2.45, 2.75) is 12.6 Å². The van der Waals surface area contributed by atoms with Crippen LogP contribution in [0, 0.1) is 0 Å². The second-order valence-corrected chi connectivity index (χ2v) is 7.20. The zero-order valence-electron chi connectivity index (χ0n) is 14.7. The average Bonchev–Trinajstić information content (AvgIpc) is 3.25. The van der Waals surface area contributed by atoms with Gasteiger partial charge in [0.2, 0.25) is 6.79 Å². The first-order valence-corrected chi connectivity index (χ1v) is 9.00. The summed E-state index contributed by atoms with van der Waals surface area (Å²) in [5.74, 6) is 1.48. The first-order valence-electron chi connectivity index (χ1n) is 8.12. The monoisotopic (exact) mass is 361 g/mol. The van der Waals surface area contributed by atoms with Gasteiger partial charge in [-0.3, -0.25) is 0 Å². The number of ether oxygens (including phenoxy) is 2. The maximum Gasteiger partial charge on any atom is 0.317 e. The van der Waals surface area contributed by atoms with Crippen LogP contribution in [0.15, 0.2) is 35.7 Å². The fourth-order valence-corrected chi connectivity index (χ4v) is 3.65. The van der Waals surface area contributed by atoms with Crippen LogP contribution in [0.2, 0.25) is 0 Å². The lowest BCUT2D eigenvalue weighted by Crippen LogP contribution is -2.41. The lowest BCUT2D eigenvalue weighted by molar-refractivity contribution is 0.174. The first-order chi connectivity index (χ1) is 12.0. The van der Waals surface area contributed by atoms with Crippen molar-refractivity contribution in [2.24, 2.45) is 0 Å². The summed E-state index contributed by atoms with van der Waals surface area (Å²) in [7, 11) is 5.83. The molecule has 0 fully saturated rings. The number of nitrogens with zero attached hydrogens (tertiary/aromatic N) is 2. The SMILES string of the molecule is CN(Cc1ccc2c(c1)OCO2)C(=O)NCC(c1cccs1)N(C)C. The highest BCUT2D eigenvalue weighted by molar-refractivity contribution is 7.10. The fraction of sp³-hybridized carbons (Fsp3) is 0.389. The molecule has 1 aromatic carbocycles. The van der Waals surface area contributed by atoms with Gasteiger partial charge in [-0.1, -0.05) is 12.1 Å². The van der Waals surface area contributed by atoms with E-state index in [4.69, 9.17) is 9.47 Å². The number of benzene rings is 1. The molecule has 0 radical (unpaired) electrons. The number of urea groups is 1. The number of hydrogen-bond acceptors (Lipinski definition) is 5. The van der Waals surface area contributed by atoms with E-state index in [0.717, 1.165) is 17.1 Å². The van der Waals surface area contributed by atoms with Gasteiger partial charge in [0.15, 0.2) is 11.5 Å². The second kappa shape index (κ2) is 7.76. The van der Waals surface area contributed by atoms with E-state index in [0.29, 0.717) is 13.1 Å². The van der Waals surface area contributed by atoms with Crippen LogP contribution in [0.1, 0.15) is 16.5 Å². The smallest absolute Gasteiger partial charge is 0.317 e. The molecule has 1 atom stereocenters. The highest BCUT2D eigenvalue weighted by atomic mass is 32.1. The minimum atomic E-state index is -0.0962. The van der Waals surface area contributed by atoms with E-state index >= 15 is 0 Å². The molecule has 0 spiro atoms. The Bertz CT molecular complexity index is 718. The summed E-state index contributed by atoms with van der Waals surface area (Å²) in [6.07, 6.45) is 0. The number of fused-ring (bicyclic) bond motifs is 1. The van der Waals surface area contributed by atoms with Crippen LogP contribution >= 0.6 is 11.3 Å². The fourth-order valence-electron chi connectivity index (χ4n) is 2.72. The molecule has 2 aromatic rings. The van der Waals surface area contributed by atoms with Crippen LogP contribution in [-0.4, -0.2) is 50.3 Å². The van der Waals surface area contributed by atoms with Gasteiger partial charge in [0.25, 0.3) is 0 Å². The van der Waals surface area contributed by atoms with Crippen molar-refractivity contribution in [3.05, 3.63) is 46.2 Å². The molecule has 25 heavy (non-hydrogen) atoms. The van der Waals surface area contributed by atoms with Crippen molar-refractivity contribution in [1.29, 1.82) is 0 Å². The van der Waals surface area contributed by atoms with Crippen molar-refractivity contribution in [3.63, 3.8) is 0 Å². The predicted molar refractivity (Wildman–Crippen MR) is 98.2 cm³/mol. The molecule has 0 aliphatic carbocycles. The van der Waals surface area contributed by atoms with Crippen molar-refractivity contribution >= 4 is 17.4 Å². The summed E-state index contributed by atoms with van der Waals surface area (Å²) in [5, 5.41) is 5.08. The van der Waals surface area contributed by atoms with E-state index in [1.165, 1.54) is 4.88 Å². The molecule has 1 aromatic heterocycles. The minimum absolute atomic E-state index is 0.0962.